The number of hydrogen-bond acceptors (Lipinski definition) is 3. The molecular formula is C16H15N3OS. The van der Waals surface area contributed by atoms with E-state index in [-0.39, 0.29) is 5.91 Å². The summed E-state index contributed by atoms with van der Waals surface area (Å²) in [7, 11) is 0. The maximum Gasteiger partial charge on any atom is 0.258 e. The van der Waals surface area contributed by atoms with Gasteiger partial charge in [0.05, 0.1) is 16.4 Å². The van der Waals surface area contributed by atoms with E-state index < -0.39 is 0 Å². The Morgan fingerprint density at radius 3 is 2.62 bits per heavy atom. The van der Waals surface area contributed by atoms with Crippen LogP contribution in [0.25, 0.3) is 0 Å². The molecule has 21 heavy (non-hydrogen) atoms. The van der Waals surface area contributed by atoms with Gasteiger partial charge in [-0.2, -0.15) is 0 Å². The zero-order valence-electron chi connectivity index (χ0n) is 11.4. The summed E-state index contributed by atoms with van der Waals surface area (Å²) in [5.74, 6) is -0.0473. The van der Waals surface area contributed by atoms with E-state index in [1.165, 1.54) is 0 Å². The number of anilines is 3. The largest absolute Gasteiger partial charge is 0.399 e. The number of para-hydroxylation sites is 2. The number of rotatable bonds is 1. The molecule has 1 amide bonds. The van der Waals surface area contributed by atoms with Crippen LogP contribution in [-0.4, -0.2) is 17.4 Å². The van der Waals surface area contributed by atoms with Gasteiger partial charge in [0, 0.05) is 24.2 Å². The van der Waals surface area contributed by atoms with Crippen molar-refractivity contribution in [2.75, 3.05) is 22.5 Å². The Bertz CT molecular complexity index is 697. The van der Waals surface area contributed by atoms with Crippen molar-refractivity contribution in [3.63, 3.8) is 0 Å². The number of hydrogen-bond donors (Lipinski definition) is 2. The van der Waals surface area contributed by atoms with Crippen LogP contribution in [-0.2, 0) is 0 Å². The van der Waals surface area contributed by atoms with Crippen molar-refractivity contribution in [3.8, 4) is 0 Å². The number of carbonyl (C=O) groups excluding carboxylic acids is 1. The molecule has 2 aromatic carbocycles. The molecule has 0 fully saturated rings. The molecule has 2 aromatic rings. The number of nitrogens with two attached hydrogens (primary N) is 1. The van der Waals surface area contributed by atoms with E-state index in [0.29, 0.717) is 24.2 Å². The molecule has 4 nitrogen and oxygen atoms in total. The van der Waals surface area contributed by atoms with Crippen LogP contribution in [0.15, 0.2) is 48.5 Å². The molecule has 0 atom stereocenters. The summed E-state index contributed by atoms with van der Waals surface area (Å²) in [5.41, 5.74) is 8.65. The molecule has 0 saturated heterocycles. The maximum absolute atomic E-state index is 12.7. The first-order valence-corrected chi connectivity index (χ1v) is 7.12. The molecule has 1 aliphatic heterocycles. The van der Waals surface area contributed by atoms with Crippen molar-refractivity contribution in [1.29, 1.82) is 0 Å². The lowest BCUT2D eigenvalue weighted by Crippen LogP contribution is -2.31. The average molecular weight is 297 g/mol. The number of nitrogens with zero attached hydrogens (tertiary/aromatic N) is 1. The first-order valence-electron chi connectivity index (χ1n) is 6.71. The maximum atomic E-state index is 12.7. The van der Waals surface area contributed by atoms with Crippen LogP contribution in [0, 0.1) is 0 Å². The van der Waals surface area contributed by atoms with E-state index in [0.717, 1.165) is 16.4 Å². The Balaban J connectivity index is 1.99. The highest BCUT2D eigenvalue weighted by Crippen LogP contribution is 2.30. The number of thiocarbonyl (C=S) groups is 1. The molecule has 3 rings (SSSR count). The molecule has 0 bridgehead atoms. The number of benzene rings is 2. The van der Waals surface area contributed by atoms with Crippen LogP contribution in [0.5, 0.6) is 0 Å². The first kappa shape index (κ1) is 13.6. The van der Waals surface area contributed by atoms with Crippen LogP contribution in [0.2, 0.25) is 0 Å². The molecule has 1 aliphatic rings. The topological polar surface area (TPSA) is 58.4 Å². The van der Waals surface area contributed by atoms with Gasteiger partial charge in [-0.3, -0.25) is 4.79 Å². The van der Waals surface area contributed by atoms with Crippen molar-refractivity contribution >= 4 is 40.2 Å². The summed E-state index contributed by atoms with van der Waals surface area (Å²) < 4.78 is 0. The number of nitrogens with one attached hydrogen (secondary N) is 1. The molecule has 0 unspecified atom stereocenters. The van der Waals surface area contributed by atoms with Gasteiger partial charge in [-0.25, -0.2) is 0 Å². The van der Waals surface area contributed by atoms with Crippen LogP contribution in [0.1, 0.15) is 16.8 Å². The predicted octanol–water partition coefficient (Wildman–Crippen LogP) is 3.06. The van der Waals surface area contributed by atoms with Crippen LogP contribution in [0.3, 0.4) is 0 Å². The fourth-order valence-electron chi connectivity index (χ4n) is 2.35. The Hall–Kier alpha value is -2.40. The third kappa shape index (κ3) is 2.73. The fourth-order valence-corrected chi connectivity index (χ4v) is 2.55. The SMILES string of the molecule is Nc1ccc(C(=O)N2CCC(=S)Nc3ccccc32)cc1. The van der Waals surface area contributed by atoms with Crippen molar-refractivity contribution in [1.82, 2.24) is 0 Å². The Morgan fingerprint density at radius 1 is 1.14 bits per heavy atom. The highest BCUT2D eigenvalue weighted by atomic mass is 32.1. The minimum Gasteiger partial charge on any atom is -0.399 e. The average Bonchev–Trinajstić information content (AvgIpc) is 2.65. The normalized spacial score (nSPS) is 14.1. The van der Waals surface area contributed by atoms with Gasteiger partial charge in [0.15, 0.2) is 0 Å². The highest BCUT2D eigenvalue weighted by Gasteiger charge is 2.23. The van der Waals surface area contributed by atoms with Gasteiger partial charge in [-0.1, -0.05) is 24.4 Å². The summed E-state index contributed by atoms with van der Waals surface area (Å²) in [4.78, 5) is 15.2. The second kappa shape index (κ2) is 5.54. The number of fused-ring (bicyclic) bond motifs is 1. The quantitative estimate of drug-likeness (QED) is 0.627. The van der Waals surface area contributed by atoms with E-state index in [9.17, 15) is 4.79 Å². The standard InChI is InChI=1S/C16H15N3OS/c17-12-7-5-11(6-8-12)16(20)19-10-9-15(21)18-13-3-1-2-4-14(13)19/h1-8H,9-10,17H2,(H,18,21). The molecule has 0 aliphatic carbocycles. The Morgan fingerprint density at radius 2 is 1.86 bits per heavy atom. The van der Waals surface area contributed by atoms with E-state index >= 15 is 0 Å². The smallest absolute Gasteiger partial charge is 0.258 e. The van der Waals surface area contributed by atoms with Gasteiger partial charge < -0.3 is 16.0 Å². The highest BCUT2D eigenvalue weighted by molar-refractivity contribution is 7.80. The fraction of sp³-hybridized carbons (Fsp3) is 0.125. The molecule has 3 N–H and O–H groups in total. The van der Waals surface area contributed by atoms with Gasteiger partial charge in [0.1, 0.15) is 0 Å². The lowest BCUT2D eigenvalue weighted by atomic mass is 10.1. The molecule has 5 heteroatoms. The predicted molar refractivity (Wildman–Crippen MR) is 89.8 cm³/mol. The lowest BCUT2D eigenvalue weighted by molar-refractivity contribution is 0.0988. The van der Waals surface area contributed by atoms with Gasteiger partial charge in [0.2, 0.25) is 0 Å². The summed E-state index contributed by atoms with van der Waals surface area (Å²) in [5, 5.41) is 3.19. The monoisotopic (exact) mass is 297 g/mol. The minimum atomic E-state index is -0.0473. The van der Waals surface area contributed by atoms with E-state index in [2.05, 4.69) is 5.32 Å². The summed E-state index contributed by atoms with van der Waals surface area (Å²) >= 11 is 5.28. The second-order valence-electron chi connectivity index (χ2n) is 4.89. The Kier molecular flexibility index (Phi) is 3.58. The van der Waals surface area contributed by atoms with Crippen molar-refractivity contribution in [3.05, 3.63) is 54.1 Å². The molecular weight excluding hydrogens is 282 g/mol. The van der Waals surface area contributed by atoms with Crippen molar-refractivity contribution in [2.45, 2.75) is 6.42 Å². The van der Waals surface area contributed by atoms with Crippen molar-refractivity contribution < 1.29 is 4.79 Å². The van der Waals surface area contributed by atoms with Gasteiger partial charge in [0.25, 0.3) is 5.91 Å². The minimum absolute atomic E-state index is 0.0473. The number of nitrogen functional groups attached to an aromatic ring is 1. The van der Waals surface area contributed by atoms with Crippen LogP contribution in [0.4, 0.5) is 17.1 Å². The molecule has 106 valence electrons. The second-order valence-corrected chi connectivity index (χ2v) is 5.39. The molecule has 0 saturated carbocycles. The molecule has 0 spiro atoms. The summed E-state index contributed by atoms with van der Waals surface area (Å²) in [6.45, 7) is 0.562. The van der Waals surface area contributed by atoms with Crippen LogP contribution >= 0.6 is 12.2 Å². The van der Waals surface area contributed by atoms with Crippen molar-refractivity contribution in [2.24, 2.45) is 0 Å². The third-order valence-electron chi connectivity index (χ3n) is 3.43. The zero-order chi connectivity index (χ0) is 14.8. The number of carbonyl (C=O) groups is 1. The number of amides is 1. The summed E-state index contributed by atoms with van der Waals surface area (Å²) in [6, 6.07) is 14.7. The van der Waals surface area contributed by atoms with Gasteiger partial charge in [-0.15, -0.1) is 0 Å². The van der Waals surface area contributed by atoms with Gasteiger partial charge in [-0.05, 0) is 36.4 Å². The molecule has 0 radical (unpaired) electrons. The summed E-state index contributed by atoms with van der Waals surface area (Å²) in [6.07, 6.45) is 0.644. The molecule has 0 aromatic heterocycles. The van der Waals surface area contributed by atoms with E-state index in [1.54, 1.807) is 29.2 Å². The van der Waals surface area contributed by atoms with Crippen LogP contribution < -0.4 is 16.0 Å². The van der Waals surface area contributed by atoms with E-state index in [4.69, 9.17) is 18.0 Å². The Labute approximate surface area is 128 Å². The first-order chi connectivity index (χ1) is 10.1. The van der Waals surface area contributed by atoms with E-state index in [1.807, 2.05) is 24.3 Å². The lowest BCUT2D eigenvalue weighted by Gasteiger charge is -2.22. The van der Waals surface area contributed by atoms with Gasteiger partial charge >= 0.3 is 0 Å². The zero-order valence-corrected chi connectivity index (χ0v) is 12.2. The third-order valence-corrected chi connectivity index (χ3v) is 3.74. The molecule has 1 heterocycles.